The van der Waals surface area contributed by atoms with Gasteiger partial charge in [-0.2, -0.15) is 0 Å². The van der Waals surface area contributed by atoms with E-state index in [-0.39, 0.29) is 26.0 Å². The van der Waals surface area contributed by atoms with Crippen molar-refractivity contribution in [2.45, 2.75) is 38.1 Å². The van der Waals surface area contributed by atoms with Crippen LogP contribution in [0.15, 0.2) is 97.1 Å². The summed E-state index contributed by atoms with van der Waals surface area (Å²) in [6.07, 6.45) is -0.233. The van der Waals surface area contributed by atoms with Crippen LogP contribution in [0.1, 0.15) is 22.3 Å². The molecule has 1 aliphatic heterocycles. The third kappa shape index (κ3) is 5.67. The van der Waals surface area contributed by atoms with Crippen molar-refractivity contribution >= 4 is 28.7 Å². The number of benzene rings is 4. The summed E-state index contributed by atoms with van der Waals surface area (Å²) >= 11 is 0. The minimum atomic E-state index is -1.15. The van der Waals surface area contributed by atoms with Crippen molar-refractivity contribution in [3.63, 3.8) is 0 Å². The molecule has 1 aliphatic rings. The summed E-state index contributed by atoms with van der Waals surface area (Å²) in [5.41, 5.74) is 3.51. The zero-order valence-corrected chi connectivity index (χ0v) is 20.7. The molecule has 0 bridgehead atoms. The van der Waals surface area contributed by atoms with Gasteiger partial charge in [-0.05, 0) is 33.0 Å². The number of rotatable bonds is 7. The van der Waals surface area contributed by atoms with Gasteiger partial charge in [0.2, 0.25) is 5.91 Å². The first-order chi connectivity index (χ1) is 18.5. The van der Waals surface area contributed by atoms with Gasteiger partial charge in [0.15, 0.2) is 0 Å². The molecule has 38 heavy (non-hydrogen) atoms. The SMILES string of the molecule is O=C(O)[C@@H](Cc1ccc2ccccc2c1)NC(=O)[C@@H]1Cc2ccccc2CN1C(=O)OCc1ccccc1. The van der Waals surface area contributed by atoms with Gasteiger partial charge in [-0.15, -0.1) is 0 Å². The van der Waals surface area contributed by atoms with E-state index in [0.717, 1.165) is 33.0 Å². The Hall–Kier alpha value is -4.65. The molecule has 0 fully saturated rings. The molecule has 0 saturated carbocycles. The van der Waals surface area contributed by atoms with Gasteiger partial charge in [0.25, 0.3) is 0 Å². The number of carboxylic acids is 1. The van der Waals surface area contributed by atoms with Gasteiger partial charge in [-0.25, -0.2) is 9.59 Å². The van der Waals surface area contributed by atoms with Crippen LogP contribution in [0.4, 0.5) is 4.79 Å². The fourth-order valence-corrected chi connectivity index (χ4v) is 4.82. The van der Waals surface area contributed by atoms with E-state index in [1.807, 2.05) is 97.1 Å². The maximum atomic E-state index is 13.5. The number of hydrogen-bond donors (Lipinski definition) is 2. The topological polar surface area (TPSA) is 95.9 Å². The minimum absolute atomic E-state index is 0.0753. The average Bonchev–Trinajstić information content (AvgIpc) is 2.95. The molecule has 7 nitrogen and oxygen atoms in total. The summed E-state index contributed by atoms with van der Waals surface area (Å²) in [6.45, 7) is 0.274. The summed E-state index contributed by atoms with van der Waals surface area (Å²) in [4.78, 5) is 40.2. The number of ether oxygens (including phenoxy) is 1. The largest absolute Gasteiger partial charge is 0.480 e. The molecular weight excluding hydrogens is 480 g/mol. The number of nitrogens with zero attached hydrogens (tertiary/aromatic N) is 1. The lowest BCUT2D eigenvalue weighted by molar-refractivity contribution is -0.142. The van der Waals surface area contributed by atoms with Crippen molar-refractivity contribution in [1.29, 1.82) is 0 Å². The Morgan fingerprint density at radius 2 is 1.53 bits per heavy atom. The number of carboxylic acid groups (broad SMARTS) is 1. The zero-order valence-electron chi connectivity index (χ0n) is 20.7. The maximum Gasteiger partial charge on any atom is 0.411 e. The Kier molecular flexibility index (Phi) is 7.35. The van der Waals surface area contributed by atoms with Crippen LogP contribution in [0.25, 0.3) is 10.8 Å². The third-order valence-electron chi connectivity index (χ3n) is 6.86. The van der Waals surface area contributed by atoms with Gasteiger partial charge < -0.3 is 15.2 Å². The van der Waals surface area contributed by atoms with Gasteiger partial charge in [-0.1, -0.05) is 97.1 Å². The van der Waals surface area contributed by atoms with Gasteiger partial charge >= 0.3 is 12.1 Å². The molecule has 4 aromatic rings. The Morgan fingerprint density at radius 3 is 2.29 bits per heavy atom. The Bertz CT molecular complexity index is 1470. The molecule has 0 saturated heterocycles. The molecule has 4 aromatic carbocycles. The smallest absolute Gasteiger partial charge is 0.411 e. The van der Waals surface area contributed by atoms with Crippen molar-refractivity contribution in [2.24, 2.45) is 0 Å². The molecule has 7 heteroatoms. The molecule has 0 aromatic heterocycles. The highest BCUT2D eigenvalue weighted by Gasteiger charge is 2.37. The lowest BCUT2D eigenvalue weighted by Crippen LogP contribution is -2.56. The molecule has 0 spiro atoms. The zero-order chi connectivity index (χ0) is 26.5. The normalized spacial score (nSPS) is 15.4. The van der Waals surface area contributed by atoms with Crippen molar-refractivity contribution in [1.82, 2.24) is 10.2 Å². The Labute approximate surface area is 220 Å². The fourth-order valence-electron chi connectivity index (χ4n) is 4.82. The van der Waals surface area contributed by atoms with Gasteiger partial charge in [0.1, 0.15) is 18.7 Å². The maximum absolute atomic E-state index is 13.5. The van der Waals surface area contributed by atoms with E-state index in [2.05, 4.69) is 5.32 Å². The first kappa shape index (κ1) is 25.0. The van der Waals surface area contributed by atoms with Crippen molar-refractivity contribution in [2.75, 3.05) is 0 Å². The monoisotopic (exact) mass is 508 g/mol. The third-order valence-corrected chi connectivity index (χ3v) is 6.86. The van der Waals surface area contributed by atoms with Gasteiger partial charge in [0, 0.05) is 12.8 Å². The highest BCUT2D eigenvalue weighted by atomic mass is 16.6. The second-order valence-corrected chi connectivity index (χ2v) is 9.44. The highest BCUT2D eigenvalue weighted by Crippen LogP contribution is 2.25. The lowest BCUT2D eigenvalue weighted by Gasteiger charge is -2.35. The summed E-state index contributed by atoms with van der Waals surface area (Å²) < 4.78 is 5.54. The number of carbonyl (C=O) groups is 3. The van der Waals surface area contributed by atoms with Crippen LogP contribution in [-0.2, 0) is 40.3 Å². The number of fused-ring (bicyclic) bond motifs is 2. The predicted octanol–water partition coefficient (Wildman–Crippen LogP) is 4.72. The molecule has 1 heterocycles. The second kappa shape index (κ2) is 11.2. The number of amides is 2. The molecule has 5 rings (SSSR count). The van der Waals surface area contributed by atoms with E-state index in [9.17, 15) is 19.5 Å². The van der Waals surface area contributed by atoms with E-state index in [4.69, 9.17) is 4.74 Å². The van der Waals surface area contributed by atoms with Crippen LogP contribution >= 0.6 is 0 Å². The van der Waals surface area contributed by atoms with Crippen molar-refractivity contribution in [3.05, 3.63) is 119 Å². The molecule has 0 aliphatic carbocycles. The predicted molar refractivity (Wildman–Crippen MR) is 143 cm³/mol. The number of aliphatic carboxylic acids is 1. The van der Waals surface area contributed by atoms with Crippen molar-refractivity contribution < 1.29 is 24.2 Å². The number of carbonyl (C=O) groups excluding carboxylic acids is 2. The standard InChI is InChI=1S/C31H28N2O5/c34-29(32-27(30(35)36)17-22-14-15-23-10-4-5-11-24(23)16-22)28-18-25-12-6-7-13-26(25)19-33(28)31(37)38-20-21-8-2-1-3-9-21/h1-16,27-28H,17-20H2,(H,32,34)(H,35,36)/t27-,28+/m1/s1. The molecule has 0 unspecified atom stereocenters. The number of nitrogens with one attached hydrogen (secondary N) is 1. The Balaban J connectivity index is 1.34. The number of hydrogen-bond acceptors (Lipinski definition) is 4. The molecular formula is C31H28N2O5. The van der Waals surface area contributed by atoms with Crippen LogP contribution in [-0.4, -0.2) is 40.1 Å². The molecule has 2 atom stereocenters. The molecule has 0 radical (unpaired) electrons. The summed E-state index contributed by atoms with van der Waals surface area (Å²) in [5, 5.41) is 14.7. The minimum Gasteiger partial charge on any atom is -0.480 e. The van der Waals surface area contributed by atoms with E-state index in [0.29, 0.717) is 0 Å². The van der Waals surface area contributed by atoms with E-state index < -0.39 is 30.1 Å². The van der Waals surface area contributed by atoms with Crippen LogP contribution in [0.5, 0.6) is 0 Å². The molecule has 192 valence electrons. The molecule has 2 N–H and O–H groups in total. The summed E-state index contributed by atoms with van der Waals surface area (Å²) in [5.74, 6) is -1.66. The van der Waals surface area contributed by atoms with Crippen LogP contribution in [0.3, 0.4) is 0 Å². The first-order valence-electron chi connectivity index (χ1n) is 12.5. The summed E-state index contributed by atoms with van der Waals surface area (Å²) in [7, 11) is 0. The highest BCUT2D eigenvalue weighted by molar-refractivity contribution is 5.90. The lowest BCUT2D eigenvalue weighted by atomic mass is 9.93. The average molecular weight is 509 g/mol. The van der Waals surface area contributed by atoms with Crippen LogP contribution < -0.4 is 5.32 Å². The van der Waals surface area contributed by atoms with Crippen LogP contribution in [0.2, 0.25) is 0 Å². The van der Waals surface area contributed by atoms with Crippen molar-refractivity contribution in [3.8, 4) is 0 Å². The van der Waals surface area contributed by atoms with Crippen LogP contribution in [0, 0.1) is 0 Å². The van der Waals surface area contributed by atoms with Gasteiger partial charge in [-0.3, -0.25) is 9.69 Å². The van der Waals surface area contributed by atoms with E-state index >= 15 is 0 Å². The van der Waals surface area contributed by atoms with E-state index in [1.165, 1.54) is 4.90 Å². The quantitative estimate of drug-likeness (QED) is 0.377. The fraction of sp³-hybridized carbons (Fsp3) is 0.194. The Morgan fingerprint density at radius 1 is 0.842 bits per heavy atom. The van der Waals surface area contributed by atoms with Gasteiger partial charge in [0.05, 0.1) is 6.54 Å². The molecule has 2 amide bonds. The first-order valence-corrected chi connectivity index (χ1v) is 12.5. The second-order valence-electron chi connectivity index (χ2n) is 9.44. The van der Waals surface area contributed by atoms with E-state index in [1.54, 1.807) is 0 Å². The summed E-state index contributed by atoms with van der Waals surface area (Å²) in [6, 6.07) is 28.4.